The number of oxazole rings is 1. The van der Waals surface area contributed by atoms with Gasteiger partial charge in [0.15, 0.2) is 11.7 Å². The summed E-state index contributed by atoms with van der Waals surface area (Å²) in [6.07, 6.45) is 9.09. The van der Waals surface area contributed by atoms with E-state index in [4.69, 9.17) is 4.42 Å². The molecular weight excluding hydrogens is 326 g/mol. The number of anilines is 1. The lowest BCUT2D eigenvalue weighted by Crippen LogP contribution is -2.17. The second-order valence-electron chi connectivity index (χ2n) is 5.78. The highest BCUT2D eigenvalue weighted by Crippen LogP contribution is 2.24. The molecule has 1 N–H and O–H groups in total. The number of hydrogen-bond donors (Lipinski definition) is 1. The first kappa shape index (κ1) is 17.4. The van der Waals surface area contributed by atoms with Crippen molar-refractivity contribution in [3.8, 4) is 11.3 Å². The Morgan fingerprint density at radius 1 is 1.31 bits per heavy atom. The SMILES string of the molecule is C=CN(/C=C\C)CC(=C)Nc1ncc2ccc(-c3cnc(C)o3)cc2n1. The maximum atomic E-state index is 5.59. The van der Waals surface area contributed by atoms with Crippen molar-refractivity contribution < 1.29 is 4.42 Å². The van der Waals surface area contributed by atoms with Crippen LogP contribution in [0, 0.1) is 6.92 Å². The van der Waals surface area contributed by atoms with Crippen molar-refractivity contribution in [3.63, 3.8) is 0 Å². The maximum Gasteiger partial charge on any atom is 0.227 e. The van der Waals surface area contributed by atoms with Gasteiger partial charge in [-0.2, -0.15) is 0 Å². The lowest BCUT2D eigenvalue weighted by molar-refractivity contribution is 0.534. The molecule has 2 aromatic heterocycles. The van der Waals surface area contributed by atoms with Gasteiger partial charge in [0.2, 0.25) is 5.95 Å². The van der Waals surface area contributed by atoms with E-state index in [2.05, 4.69) is 33.4 Å². The van der Waals surface area contributed by atoms with Crippen LogP contribution in [0.2, 0.25) is 0 Å². The Morgan fingerprint density at radius 2 is 2.15 bits per heavy atom. The molecule has 0 aliphatic heterocycles. The fraction of sp³-hybridized carbons (Fsp3) is 0.150. The van der Waals surface area contributed by atoms with Gasteiger partial charge >= 0.3 is 0 Å². The molecule has 0 unspecified atom stereocenters. The third-order valence-electron chi connectivity index (χ3n) is 3.73. The molecule has 26 heavy (non-hydrogen) atoms. The molecule has 3 rings (SSSR count). The standard InChI is InChI=1S/C20H21N5O/c1-5-9-25(6-2)13-14(3)23-20-22-11-17-8-7-16(10-18(17)24-20)19-12-21-15(4)26-19/h5-12H,2-3,13H2,1,4H3,(H,22,23,24)/b9-5-. The van der Waals surface area contributed by atoms with E-state index in [9.17, 15) is 0 Å². The van der Waals surface area contributed by atoms with Crippen molar-refractivity contribution in [1.82, 2.24) is 19.9 Å². The number of rotatable bonds is 7. The fourth-order valence-electron chi connectivity index (χ4n) is 2.52. The van der Waals surface area contributed by atoms with Crippen LogP contribution in [-0.4, -0.2) is 26.4 Å². The molecule has 6 nitrogen and oxygen atoms in total. The Hall–Kier alpha value is -3.41. The molecule has 6 heteroatoms. The van der Waals surface area contributed by atoms with E-state index in [-0.39, 0.29) is 0 Å². The smallest absolute Gasteiger partial charge is 0.227 e. The van der Waals surface area contributed by atoms with Crippen LogP contribution in [0.5, 0.6) is 0 Å². The molecule has 2 heterocycles. The maximum absolute atomic E-state index is 5.59. The lowest BCUT2D eigenvalue weighted by Gasteiger charge is -2.17. The minimum atomic E-state index is 0.498. The summed E-state index contributed by atoms with van der Waals surface area (Å²) in [5.74, 6) is 1.85. The van der Waals surface area contributed by atoms with Crippen LogP contribution in [0.15, 0.2) is 72.3 Å². The third kappa shape index (κ3) is 3.97. The van der Waals surface area contributed by atoms with Crippen LogP contribution < -0.4 is 5.32 Å². The van der Waals surface area contributed by atoms with E-state index in [0.29, 0.717) is 18.4 Å². The molecule has 0 saturated heterocycles. The number of hydrogen-bond acceptors (Lipinski definition) is 6. The molecule has 0 radical (unpaired) electrons. The van der Waals surface area contributed by atoms with Gasteiger partial charge in [-0.25, -0.2) is 15.0 Å². The minimum absolute atomic E-state index is 0.498. The Kier molecular flexibility index (Phi) is 5.12. The number of nitrogens with zero attached hydrogens (tertiary/aromatic N) is 4. The Bertz CT molecular complexity index is 973. The summed E-state index contributed by atoms with van der Waals surface area (Å²) < 4.78 is 5.59. The van der Waals surface area contributed by atoms with E-state index in [0.717, 1.165) is 27.9 Å². The van der Waals surface area contributed by atoms with Crippen molar-refractivity contribution in [3.05, 3.63) is 73.8 Å². The van der Waals surface area contributed by atoms with E-state index >= 15 is 0 Å². The molecule has 0 aliphatic rings. The number of benzene rings is 1. The van der Waals surface area contributed by atoms with Crippen molar-refractivity contribution >= 4 is 16.9 Å². The number of fused-ring (bicyclic) bond motifs is 1. The molecule has 132 valence electrons. The van der Waals surface area contributed by atoms with Gasteiger partial charge in [-0.3, -0.25) is 0 Å². The number of aryl methyl sites for hydroxylation is 1. The average molecular weight is 347 g/mol. The highest BCUT2D eigenvalue weighted by atomic mass is 16.4. The molecule has 0 aliphatic carbocycles. The number of aromatic nitrogens is 3. The Morgan fingerprint density at radius 3 is 2.85 bits per heavy atom. The molecule has 3 aromatic rings. The molecule has 0 fully saturated rings. The summed E-state index contributed by atoms with van der Waals surface area (Å²) in [5, 5.41) is 4.09. The molecule has 0 amide bonds. The van der Waals surface area contributed by atoms with Crippen LogP contribution in [0.4, 0.5) is 5.95 Å². The van der Waals surface area contributed by atoms with Gasteiger partial charge in [-0.05, 0) is 25.4 Å². The highest BCUT2D eigenvalue weighted by molar-refractivity contribution is 5.83. The van der Waals surface area contributed by atoms with Gasteiger partial charge in [0.25, 0.3) is 0 Å². The molecule has 1 aromatic carbocycles. The molecule has 0 bridgehead atoms. The molecule has 0 atom stereocenters. The van der Waals surface area contributed by atoms with Crippen LogP contribution in [0.25, 0.3) is 22.2 Å². The summed E-state index contributed by atoms with van der Waals surface area (Å²) in [7, 11) is 0. The summed E-state index contributed by atoms with van der Waals surface area (Å²) in [6, 6.07) is 5.89. The van der Waals surface area contributed by atoms with E-state index in [1.165, 1.54) is 0 Å². The van der Waals surface area contributed by atoms with Crippen LogP contribution in [0.1, 0.15) is 12.8 Å². The van der Waals surface area contributed by atoms with Gasteiger partial charge in [0.1, 0.15) is 0 Å². The Labute approximate surface area is 152 Å². The predicted molar refractivity (Wildman–Crippen MR) is 104 cm³/mol. The van der Waals surface area contributed by atoms with Crippen LogP contribution in [-0.2, 0) is 0 Å². The third-order valence-corrected chi connectivity index (χ3v) is 3.73. The second kappa shape index (κ2) is 7.65. The number of nitrogens with one attached hydrogen (secondary N) is 1. The average Bonchev–Trinajstić information content (AvgIpc) is 3.07. The zero-order valence-electron chi connectivity index (χ0n) is 14.9. The Balaban J connectivity index is 1.81. The molecule has 0 saturated carbocycles. The first-order valence-electron chi connectivity index (χ1n) is 8.24. The quantitative estimate of drug-likeness (QED) is 0.679. The fourth-order valence-corrected chi connectivity index (χ4v) is 2.52. The van der Waals surface area contributed by atoms with E-state index in [1.54, 1.807) is 18.6 Å². The van der Waals surface area contributed by atoms with Gasteiger partial charge in [0.05, 0.1) is 18.3 Å². The van der Waals surface area contributed by atoms with Crippen molar-refractivity contribution in [2.45, 2.75) is 13.8 Å². The highest BCUT2D eigenvalue weighted by Gasteiger charge is 2.07. The summed E-state index contributed by atoms with van der Waals surface area (Å²) in [6.45, 7) is 12.2. The van der Waals surface area contributed by atoms with Crippen molar-refractivity contribution in [1.29, 1.82) is 0 Å². The zero-order chi connectivity index (χ0) is 18.5. The van der Waals surface area contributed by atoms with E-state index < -0.39 is 0 Å². The normalized spacial score (nSPS) is 11.0. The van der Waals surface area contributed by atoms with Crippen molar-refractivity contribution in [2.75, 3.05) is 11.9 Å². The van der Waals surface area contributed by atoms with Crippen LogP contribution >= 0.6 is 0 Å². The van der Waals surface area contributed by atoms with Gasteiger partial charge in [-0.15, -0.1) is 0 Å². The zero-order valence-corrected chi connectivity index (χ0v) is 14.9. The minimum Gasteiger partial charge on any atom is -0.441 e. The van der Waals surface area contributed by atoms with Gasteiger partial charge < -0.3 is 14.6 Å². The summed E-state index contributed by atoms with van der Waals surface area (Å²) in [5.41, 5.74) is 2.51. The van der Waals surface area contributed by atoms with E-state index in [1.807, 2.05) is 49.2 Å². The summed E-state index contributed by atoms with van der Waals surface area (Å²) >= 11 is 0. The first-order valence-corrected chi connectivity index (χ1v) is 8.24. The van der Waals surface area contributed by atoms with Gasteiger partial charge in [0, 0.05) is 29.8 Å². The monoisotopic (exact) mass is 347 g/mol. The number of allylic oxidation sites excluding steroid dienone is 1. The van der Waals surface area contributed by atoms with Crippen LogP contribution in [0.3, 0.4) is 0 Å². The summed E-state index contributed by atoms with van der Waals surface area (Å²) in [4.78, 5) is 15.0. The largest absolute Gasteiger partial charge is 0.441 e. The molecule has 0 spiro atoms. The molecular formula is C20H21N5O. The predicted octanol–water partition coefficient (Wildman–Crippen LogP) is 4.50. The first-order chi connectivity index (χ1) is 12.6. The van der Waals surface area contributed by atoms with Crippen molar-refractivity contribution in [2.24, 2.45) is 0 Å². The second-order valence-corrected chi connectivity index (χ2v) is 5.78. The lowest BCUT2D eigenvalue weighted by atomic mass is 10.1. The topological polar surface area (TPSA) is 67.1 Å². The van der Waals surface area contributed by atoms with Gasteiger partial charge in [-0.1, -0.05) is 31.4 Å².